The lowest BCUT2D eigenvalue weighted by molar-refractivity contribution is 0.398. The molecular weight excluding hydrogens is 569 g/mol. The second kappa shape index (κ2) is 15.7. The predicted octanol–water partition coefficient (Wildman–Crippen LogP) is 13.7. The van der Waals surface area contributed by atoms with Crippen molar-refractivity contribution < 1.29 is 0 Å². The van der Waals surface area contributed by atoms with Gasteiger partial charge in [-0.15, -0.1) is 0 Å². The number of anilines is 4. The summed E-state index contributed by atoms with van der Waals surface area (Å²) in [5.41, 5.74) is 16.7. The van der Waals surface area contributed by atoms with Gasteiger partial charge in [0.05, 0.1) is 5.69 Å². The van der Waals surface area contributed by atoms with Gasteiger partial charge in [-0.2, -0.15) is 0 Å². The van der Waals surface area contributed by atoms with E-state index in [-0.39, 0.29) is 5.41 Å². The summed E-state index contributed by atoms with van der Waals surface area (Å²) in [6.07, 6.45) is 18.3. The second-order valence-electron chi connectivity index (χ2n) is 13.8. The van der Waals surface area contributed by atoms with Crippen LogP contribution < -0.4 is 10.6 Å². The third kappa shape index (κ3) is 7.13. The Bertz CT molecular complexity index is 1730. The van der Waals surface area contributed by atoms with E-state index in [0.29, 0.717) is 0 Å². The molecule has 5 aromatic carbocycles. The molecule has 1 aliphatic rings. The predicted molar refractivity (Wildman–Crippen MR) is 205 cm³/mol. The molecule has 0 bridgehead atoms. The van der Waals surface area contributed by atoms with Gasteiger partial charge in [-0.05, 0) is 76.9 Å². The Labute approximate surface area is 284 Å². The molecule has 2 nitrogen and oxygen atoms in total. The fraction of sp³-hybridized carbons (Fsp3) is 0.378. The van der Waals surface area contributed by atoms with Crippen molar-refractivity contribution in [1.82, 2.24) is 0 Å². The molecule has 0 spiro atoms. The average molecular weight is 623 g/mol. The third-order valence-corrected chi connectivity index (χ3v) is 10.6. The van der Waals surface area contributed by atoms with Gasteiger partial charge in [0.15, 0.2) is 0 Å². The van der Waals surface area contributed by atoms with Crippen molar-refractivity contribution in [2.24, 2.45) is 0 Å². The second-order valence-corrected chi connectivity index (χ2v) is 13.8. The summed E-state index contributed by atoms with van der Waals surface area (Å²) < 4.78 is 0. The lowest BCUT2D eigenvalue weighted by atomic mass is 9.70. The van der Waals surface area contributed by atoms with E-state index in [1.807, 2.05) is 6.07 Å². The van der Waals surface area contributed by atoms with Crippen molar-refractivity contribution in [3.63, 3.8) is 0 Å². The van der Waals surface area contributed by atoms with Crippen LogP contribution in [0.2, 0.25) is 0 Å². The van der Waals surface area contributed by atoms with Gasteiger partial charge in [0.2, 0.25) is 0 Å². The molecule has 5 aromatic rings. The van der Waals surface area contributed by atoms with Gasteiger partial charge in [-0.1, -0.05) is 164 Å². The van der Waals surface area contributed by atoms with Crippen LogP contribution in [0, 0.1) is 0 Å². The van der Waals surface area contributed by atoms with E-state index in [1.165, 1.54) is 129 Å². The highest BCUT2D eigenvalue weighted by Gasteiger charge is 2.42. The highest BCUT2D eigenvalue weighted by Crippen LogP contribution is 2.55. The summed E-state index contributed by atoms with van der Waals surface area (Å²) in [5.74, 6) is 0. The zero-order valence-electron chi connectivity index (χ0n) is 28.8. The fourth-order valence-electron chi connectivity index (χ4n) is 8.15. The Morgan fingerprint density at radius 1 is 0.511 bits per heavy atom. The maximum absolute atomic E-state index is 6.43. The first-order chi connectivity index (χ1) is 23.2. The molecule has 1 aliphatic carbocycles. The van der Waals surface area contributed by atoms with Gasteiger partial charge in [0.25, 0.3) is 0 Å². The summed E-state index contributed by atoms with van der Waals surface area (Å²) in [6, 6.07) is 40.4. The van der Waals surface area contributed by atoms with Crippen LogP contribution in [-0.2, 0) is 5.41 Å². The van der Waals surface area contributed by atoms with E-state index >= 15 is 0 Å². The average Bonchev–Trinajstić information content (AvgIpc) is 3.37. The molecule has 2 heteroatoms. The number of unbranched alkanes of at least 4 members (excludes halogenated alkanes) is 10. The highest BCUT2D eigenvalue weighted by molar-refractivity contribution is 5.99. The monoisotopic (exact) mass is 622 g/mol. The van der Waals surface area contributed by atoms with E-state index in [4.69, 9.17) is 5.73 Å². The molecule has 0 saturated carbocycles. The molecule has 47 heavy (non-hydrogen) atoms. The van der Waals surface area contributed by atoms with E-state index < -0.39 is 0 Å². The zero-order chi connectivity index (χ0) is 32.5. The minimum atomic E-state index is 0.0393. The zero-order valence-corrected chi connectivity index (χ0v) is 28.8. The Balaban J connectivity index is 1.45. The van der Waals surface area contributed by atoms with Gasteiger partial charge >= 0.3 is 0 Å². The number of nitrogen functional groups attached to an aromatic ring is 1. The Morgan fingerprint density at radius 2 is 1.11 bits per heavy atom. The SMILES string of the molecule is CCCCCCCCC1(CCCCCCCC)c2ccccc2-c2ccc(N(c3cccc(N)c3)c3cccc4ccccc34)cc21. The number of hydrogen-bond acceptors (Lipinski definition) is 2. The summed E-state index contributed by atoms with van der Waals surface area (Å²) in [6.45, 7) is 4.62. The molecule has 0 atom stereocenters. The number of hydrogen-bond donors (Lipinski definition) is 1. The van der Waals surface area contributed by atoms with Crippen molar-refractivity contribution in [3.8, 4) is 11.1 Å². The van der Waals surface area contributed by atoms with Gasteiger partial charge in [0, 0.05) is 27.9 Å². The first-order valence-corrected chi connectivity index (χ1v) is 18.5. The number of rotatable bonds is 17. The van der Waals surface area contributed by atoms with Crippen LogP contribution in [0.1, 0.15) is 115 Å². The van der Waals surface area contributed by atoms with Crippen molar-refractivity contribution >= 4 is 33.5 Å². The molecule has 0 aromatic heterocycles. The number of fused-ring (bicyclic) bond motifs is 4. The van der Waals surface area contributed by atoms with Gasteiger partial charge in [0.1, 0.15) is 0 Å². The standard InChI is InChI=1S/C45H54N2/c1-3-5-7-9-11-17-31-45(32-18-12-10-8-6-4-2)42-27-16-15-26-40(42)41-30-29-38(34-43(41)45)47(37-24-20-23-36(46)33-37)44-28-19-22-35-21-13-14-25-39(35)44/h13-16,19-30,33-34H,3-12,17-18,31-32,46H2,1-2H3. The Hall–Kier alpha value is -4.04. The Morgan fingerprint density at radius 3 is 1.85 bits per heavy atom. The lowest BCUT2D eigenvalue weighted by Gasteiger charge is -2.34. The minimum absolute atomic E-state index is 0.0393. The molecule has 0 fully saturated rings. The van der Waals surface area contributed by atoms with Crippen LogP contribution >= 0.6 is 0 Å². The molecule has 0 amide bonds. The topological polar surface area (TPSA) is 29.3 Å². The van der Waals surface area contributed by atoms with Gasteiger partial charge in [-0.25, -0.2) is 0 Å². The smallest absolute Gasteiger partial charge is 0.0540 e. The minimum Gasteiger partial charge on any atom is -0.399 e. The lowest BCUT2D eigenvalue weighted by Crippen LogP contribution is -2.26. The Kier molecular flexibility index (Phi) is 11.0. The molecule has 0 radical (unpaired) electrons. The maximum atomic E-state index is 6.43. The van der Waals surface area contributed by atoms with E-state index in [0.717, 1.165) is 11.4 Å². The third-order valence-electron chi connectivity index (χ3n) is 10.6. The molecule has 0 saturated heterocycles. The molecular formula is C45H54N2. The largest absolute Gasteiger partial charge is 0.399 e. The van der Waals surface area contributed by atoms with E-state index in [1.54, 1.807) is 5.56 Å². The van der Waals surface area contributed by atoms with Crippen LogP contribution in [0.25, 0.3) is 21.9 Å². The fourth-order valence-corrected chi connectivity index (χ4v) is 8.15. The van der Waals surface area contributed by atoms with Crippen LogP contribution in [0.4, 0.5) is 22.7 Å². The van der Waals surface area contributed by atoms with E-state index in [9.17, 15) is 0 Å². The van der Waals surface area contributed by atoms with Crippen molar-refractivity contribution in [1.29, 1.82) is 0 Å². The number of benzene rings is 5. The normalized spacial score (nSPS) is 13.1. The van der Waals surface area contributed by atoms with Gasteiger partial charge in [-0.3, -0.25) is 0 Å². The number of nitrogens with two attached hydrogens (primary N) is 1. The molecule has 0 aliphatic heterocycles. The van der Waals surface area contributed by atoms with Crippen molar-refractivity contribution in [2.75, 3.05) is 10.6 Å². The molecule has 6 rings (SSSR count). The van der Waals surface area contributed by atoms with Crippen LogP contribution in [0.15, 0.2) is 109 Å². The maximum Gasteiger partial charge on any atom is 0.0540 e. The summed E-state index contributed by atoms with van der Waals surface area (Å²) >= 11 is 0. The highest BCUT2D eigenvalue weighted by atomic mass is 15.1. The summed E-state index contributed by atoms with van der Waals surface area (Å²) in [5, 5.41) is 2.49. The molecule has 244 valence electrons. The van der Waals surface area contributed by atoms with Crippen molar-refractivity contribution in [2.45, 2.75) is 109 Å². The summed E-state index contributed by atoms with van der Waals surface area (Å²) in [4.78, 5) is 2.43. The van der Waals surface area contributed by atoms with Gasteiger partial charge < -0.3 is 10.6 Å². The van der Waals surface area contributed by atoms with Crippen LogP contribution in [0.3, 0.4) is 0 Å². The molecule has 0 unspecified atom stereocenters. The molecule has 2 N–H and O–H groups in total. The van der Waals surface area contributed by atoms with Crippen molar-refractivity contribution in [3.05, 3.63) is 120 Å². The molecule has 0 heterocycles. The van der Waals surface area contributed by atoms with Crippen LogP contribution in [-0.4, -0.2) is 0 Å². The number of nitrogens with zero attached hydrogens (tertiary/aromatic N) is 1. The first-order valence-electron chi connectivity index (χ1n) is 18.5. The summed E-state index contributed by atoms with van der Waals surface area (Å²) in [7, 11) is 0. The van der Waals surface area contributed by atoms with Crippen LogP contribution in [0.5, 0.6) is 0 Å². The quantitative estimate of drug-likeness (QED) is 0.0825. The first kappa shape index (κ1) is 32.9. The van der Waals surface area contributed by atoms with E-state index in [2.05, 4.69) is 122 Å².